The van der Waals surface area contributed by atoms with Crippen LogP contribution in [0.3, 0.4) is 0 Å². The lowest BCUT2D eigenvalue weighted by atomic mass is 9.95. The predicted octanol–water partition coefficient (Wildman–Crippen LogP) is 2.14. The SMILES string of the molecule is O=[N+]([O-])c1ncccc1OC1CC(Cl)C1. The van der Waals surface area contributed by atoms with Crippen molar-refractivity contribution in [2.75, 3.05) is 0 Å². The number of halogens is 1. The molecule has 1 aromatic rings. The van der Waals surface area contributed by atoms with Gasteiger partial charge in [-0.15, -0.1) is 11.6 Å². The summed E-state index contributed by atoms with van der Waals surface area (Å²) < 4.78 is 5.42. The molecule has 0 bridgehead atoms. The van der Waals surface area contributed by atoms with Crippen molar-refractivity contribution in [2.45, 2.75) is 24.3 Å². The van der Waals surface area contributed by atoms with Crippen LogP contribution in [0.15, 0.2) is 18.3 Å². The molecule has 5 nitrogen and oxygen atoms in total. The Bertz CT molecular complexity index is 379. The van der Waals surface area contributed by atoms with Crippen molar-refractivity contribution in [1.82, 2.24) is 4.98 Å². The number of hydrogen-bond acceptors (Lipinski definition) is 4. The molecule has 0 saturated heterocycles. The average molecular weight is 229 g/mol. The maximum Gasteiger partial charge on any atom is 0.406 e. The summed E-state index contributed by atoms with van der Waals surface area (Å²) in [6, 6.07) is 3.16. The van der Waals surface area contributed by atoms with Crippen LogP contribution in [0, 0.1) is 10.1 Å². The third-order valence-corrected chi connectivity index (χ3v) is 2.61. The molecule has 1 aliphatic carbocycles. The van der Waals surface area contributed by atoms with E-state index in [4.69, 9.17) is 16.3 Å². The highest BCUT2D eigenvalue weighted by Crippen LogP contribution is 2.32. The number of alkyl halides is 1. The van der Waals surface area contributed by atoms with Crippen LogP contribution in [0.2, 0.25) is 0 Å². The van der Waals surface area contributed by atoms with Gasteiger partial charge in [-0.25, -0.2) is 0 Å². The molecule has 6 heteroatoms. The zero-order valence-electron chi connectivity index (χ0n) is 7.80. The van der Waals surface area contributed by atoms with Gasteiger partial charge >= 0.3 is 5.82 Å². The molecule has 80 valence electrons. The largest absolute Gasteiger partial charge is 0.482 e. The first kappa shape index (κ1) is 10.2. The maximum absolute atomic E-state index is 10.6. The summed E-state index contributed by atoms with van der Waals surface area (Å²) in [5.74, 6) is -0.0217. The van der Waals surface area contributed by atoms with Crippen LogP contribution in [-0.4, -0.2) is 21.4 Å². The van der Waals surface area contributed by atoms with E-state index in [9.17, 15) is 10.1 Å². The number of nitrogens with zero attached hydrogens (tertiary/aromatic N) is 2. The van der Waals surface area contributed by atoms with Crippen LogP contribution in [-0.2, 0) is 0 Å². The normalized spacial score (nSPS) is 24.3. The molecule has 0 spiro atoms. The average Bonchev–Trinajstić information content (AvgIpc) is 2.16. The second-order valence-corrected chi connectivity index (χ2v) is 4.01. The van der Waals surface area contributed by atoms with Gasteiger partial charge in [0.05, 0.1) is 0 Å². The van der Waals surface area contributed by atoms with Gasteiger partial charge < -0.3 is 14.9 Å². The highest BCUT2D eigenvalue weighted by molar-refractivity contribution is 6.21. The molecule has 0 N–H and O–H groups in total. The summed E-state index contributed by atoms with van der Waals surface area (Å²) in [5, 5.41) is 10.7. The number of aromatic nitrogens is 1. The van der Waals surface area contributed by atoms with Gasteiger partial charge in [0.15, 0.2) is 0 Å². The highest BCUT2D eigenvalue weighted by atomic mass is 35.5. The minimum Gasteiger partial charge on any atom is -0.482 e. The van der Waals surface area contributed by atoms with Gasteiger partial charge in [0.1, 0.15) is 12.3 Å². The van der Waals surface area contributed by atoms with Gasteiger partial charge in [0.2, 0.25) is 5.75 Å². The molecule has 0 unspecified atom stereocenters. The zero-order chi connectivity index (χ0) is 10.8. The Labute approximate surface area is 91.2 Å². The lowest BCUT2D eigenvalue weighted by Crippen LogP contribution is -2.34. The number of nitro groups is 1. The van der Waals surface area contributed by atoms with Crippen LogP contribution >= 0.6 is 11.6 Å². The smallest absolute Gasteiger partial charge is 0.406 e. The number of pyridine rings is 1. The van der Waals surface area contributed by atoms with Gasteiger partial charge in [-0.1, -0.05) is 0 Å². The second-order valence-electron chi connectivity index (χ2n) is 3.39. The fourth-order valence-corrected chi connectivity index (χ4v) is 1.79. The number of rotatable bonds is 3. The minimum absolute atomic E-state index is 0.0181. The Morgan fingerprint density at radius 1 is 1.60 bits per heavy atom. The van der Waals surface area contributed by atoms with Gasteiger partial charge in [-0.3, -0.25) is 0 Å². The third kappa shape index (κ3) is 2.18. The first-order chi connectivity index (χ1) is 7.16. The minimum atomic E-state index is -0.549. The molecule has 2 rings (SSSR count). The predicted molar refractivity (Wildman–Crippen MR) is 54.2 cm³/mol. The van der Waals surface area contributed by atoms with Crippen LogP contribution in [0.25, 0.3) is 0 Å². The van der Waals surface area contributed by atoms with Crippen molar-refractivity contribution in [3.05, 3.63) is 28.4 Å². The van der Waals surface area contributed by atoms with Gasteiger partial charge in [0.25, 0.3) is 0 Å². The Morgan fingerprint density at radius 3 is 2.93 bits per heavy atom. The van der Waals surface area contributed by atoms with Crippen molar-refractivity contribution >= 4 is 17.4 Å². The quantitative estimate of drug-likeness (QED) is 0.452. The third-order valence-electron chi connectivity index (χ3n) is 2.25. The summed E-state index contributed by atoms with van der Waals surface area (Å²) >= 11 is 5.78. The fourth-order valence-electron chi connectivity index (χ4n) is 1.39. The van der Waals surface area contributed by atoms with Crippen LogP contribution in [0.4, 0.5) is 5.82 Å². The van der Waals surface area contributed by atoms with Gasteiger partial charge in [0, 0.05) is 18.2 Å². The van der Waals surface area contributed by atoms with E-state index in [-0.39, 0.29) is 23.0 Å². The van der Waals surface area contributed by atoms with Crippen LogP contribution in [0.5, 0.6) is 5.75 Å². The van der Waals surface area contributed by atoms with E-state index >= 15 is 0 Å². The summed E-state index contributed by atoms with van der Waals surface area (Å²) in [6.45, 7) is 0. The molecule has 1 fully saturated rings. The molecular weight excluding hydrogens is 220 g/mol. The van der Waals surface area contributed by atoms with E-state index in [1.807, 2.05) is 0 Å². The molecule has 1 heterocycles. The highest BCUT2D eigenvalue weighted by Gasteiger charge is 2.31. The second kappa shape index (κ2) is 4.02. The fraction of sp³-hybridized carbons (Fsp3) is 0.444. The monoisotopic (exact) mass is 228 g/mol. The van der Waals surface area contributed by atoms with E-state index in [0.29, 0.717) is 0 Å². The van der Waals surface area contributed by atoms with Crippen molar-refractivity contribution in [1.29, 1.82) is 0 Å². The zero-order valence-corrected chi connectivity index (χ0v) is 8.55. The molecule has 0 aromatic carbocycles. The van der Waals surface area contributed by atoms with Gasteiger partial charge in [-0.2, -0.15) is 0 Å². The van der Waals surface area contributed by atoms with E-state index in [0.717, 1.165) is 12.8 Å². The van der Waals surface area contributed by atoms with E-state index in [1.54, 1.807) is 12.1 Å². The topological polar surface area (TPSA) is 65.3 Å². The molecule has 0 atom stereocenters. The van der Waals surface area contributed by atoms with E-state index < -0.39 is 4.92 Å². The molecule has 0 aliphatic heterocycles. The molecule has 15 heavy (non-hydrogen) atoms. The number of hydrogen-bond donors (Lipinski definition) is 0. The van der Waals surface area contributed by atoms with Crippen molar-refractivity contribution in [3.8, 4) is 5.75 Å². The summed E-state index contributed by atoms with van der Waals surface area (Å²) in [4.78, 5) is 13.7. The summed E-state index contributed by atoms with van der Waals surface area (Å²) in [6.07, 6.45) is 2.81. The van der Waals surface area contributed by atoms with E-state index in [2.05, 4.69) is 4.98 Å². The Hall–Kier alpha value is -1.36. The molecule has 1 saturated carbocycles. The molecule has 1 aliphatic rings. The standard InChI is InChI=1S/C9H9ClN2O3/c10-6-4-7(5-6)15-8-2-1-3-11-9(8)12(13)14/h1-3,6-7H,4-5H2. The van der Waals surface area contributed by atoms with E-state index in [1.165, 1.54) is 6.20 Å². The van der Waals surface area contributed by atoms with Crippen molar-refractivity contribution in [2.24, 2.45) is 0 Å². The molecule has 1 aromatic heterocycles. The first-order valence-corrected chi connectivity index (χ1v) is 5.00. The molecular formula is C9H9ClN2O3. The maximum atomic E-state index is 10.6. The summed E-state index contributed by atoms with van der Waals surface area (Å²) in [5.41, 5.74) is 0. The molecule has 0 radical (unpaired) electrons. The first-order valence-electron chi connectivity index (χ1n) is 4.57. The van der Waals surface area contributed by atoms with Crippen LogP contribution < -0.4 is 4.74 Å². The van der Waals surface area contributed by atoms with Crippen LogP contribution in [0.1, 0.15) is 12.8 Å². The van der Waals surface area contributed by atoms with Gasteiger partial charge in [-0.05, 0) is 22.0 Å². The summed E-state index contributed by atoms with van der Waals surface area (Å²) in [7, 11) is 0. The Kier molecular flexibility index (Phi) is 2.73. The lowest BCUT2D eigenvalue weighted by Gasteiger charge is -2.30. The Balaban J connectivity index is 2.10. The van der Waals surface area contributed by atoms with Crippen molar-refractivity contribution in [3.63, 3.8) is 0 Å². The Morgan fingerprint density at radius 2 is 2.33 bits per heavy atom. The van der Waals surface area contributed by atoms with Crippen molar-refractivity contribution < 1.29 is 9.66 Å². The number of ether oxygens (including phenoxy) is 1. The molecule has 0 amide bonds. The lowest BCUT2D eigenvalue weighted by molar-refractivity contribution is -0.390.